The van der Waals surface area contributed by atoms with Crippen molar-refractivity contribution in [1.29, 1.82) is 0 Å². The monoisotopic (exact) mass is 444 g/mol. The van der Waals surface area contributed by atoms with E-state index in [-0.39, 0.29) is 11.5 Å². The van der Waals surface area contributed by atoms with Crippen molar-refractivity contribution in [2.24, 2.45) is 11.8 Å². The lowest BCUT2D eigenvalue weighted by atomic mass is 10.0. The van der Waals surface area contributed by atoms with Crippen LogP contribution in [0, 0.1) is 11.8 Å². The Morgan fingerprint density at radius 2 is 0.938 bits per heavy atom. The summed E-state index contributed by atoms with van der Waals surface area (Å²) in [6.45, 7) is 10.7. The zero-order valence-corrected chi connectivity index (χ0v) is 20.6. The predicted octanol–water partition coefficient (Wildman–Crippen LogP) is 7.97. The minimum Gasteiger partial charge on any atom is -0.508 e. The lowest BCUT2D eigenvalue weighted by molar-refractivity contribution is 0.228. The summed E-state index contributed by atoms with van der Waals surface area (Å²) in [7, 11) is 0. The number of phenolic OH excluding ortho intramolecular Hbond substituents is 2. The highest BCUT2D eigenvalue weighted by Gasteiger charge is 2.08. The number of ether oxygens (including phenoxy) is 2. The smallest absolute Gasteiger partial charge is 0.119 e. The van der Waals surface area contributed by atoms with E-state index in [2.05, 4.69) is 27.7 Å². The molecule has 0 heterocycles. The first-order valence-corrected chi connectivity index (χ1v) is 12.4. The van der Waals surface area contributed by atoms with E-state index in [4.69, 9.17) is 19.7 Å². The Hall–Kier alpha value is -2.36. The Kier molecular flexibility index (Phi) is 14.9. The Balaban J connectivity index is 0.000000533. The Morgan fingerprint density at radius 1 is 0.594 bits per heavy atom. The summed E-state index contributed by atoms with van der Waals surface area (Å²) in [5, 5.41) is 17.3. The van der Waals surface area contributed by atoms with Crippen LogP contribution < -0.4 is 9.47 Å². The van der Waals surface area contributed by atoms with Gasteiger partial charge in [0.05, 0.1) is 13.2 Å². The van der Waals surface area contributed by atoms with Crippen LogP contribution in [0.2, 0.25) is 0 Å². The minimum atomic E-state index is 0.169. The highest BCUT2D eigenvalue weighted by Crippen LogP contribution is 2.22. The Labute approximate surface area is 195 Å². The van der Waals surface area contributed by atoms with Crippen molar-refractivity contribution in [3.8, 4) is 23.0 Å². The predicted molar refractivity (Wildman–Crippen MR) is 134 cm³/mol. The van der Waals surface area contributed by atoms with Crippen molar-refractivity contribution < 1.29 is 19.7 Å². The third-order valence-corrected chi connectivity index (χ3v) is 5.73. The molecule has 0 fully saturated rings. The van der Waals surface area contributed by atoms with Crippen LogP contribution in [0.4, 0.5) is 0 Å². The van der Waals surface area contributed by atoms with Gasteiger partial charge in [0, 0.05) is 0 Å². The number of hydrogen-bond donors (Lipinski definition) is 2. The number of benzene rings is 2. The van der Waals surface area contributed by atoms with E-state index < -0.39 is 0 Å². The summed E-state index contributed by atoms with van der Waals surface area (Å²) in [6, 6.07) is 13.9. The van der Waals surface area contributed by atoms with E-state index in [9.17, 15) is 0 Å². The van der Waals surface area contributed by atoms with Crippen LogP contribution >= 0.6 is 0 Å². The molecule has 0 aliphatic heterocycles. The summed E-state index contributed by atoms with van der Waals surface area (Å²) in [5.41, 5.74) is 0. The number of unbranched alkanes of at least 4 members (excludes halogenated alkanes) is 2. The van der Waals surface area contributed by atoms with Gasteiger partial charge >= 0.3 is 0 Å². The maximum absolute atomic E-state index is 8.65. The molecule has 2 atom stereocenters. The van der Waals surface area contributed by atoms with Gasteiger partial charge in [-0.3, -0.25) is 0 Å². The standard InChI is InChI=1S/C22H38O2.C6H6O2/c1-5-9-11-19(7-3)17-23-21-13-15-22(16-14-21)24-18-20(8-4)12-10-6-2;7-5-1-2-6(8)4-3-5/h13-16,19-20H,5-12,17-18H2,1-4H3;1-4,7-8H. The van der Waals surface area contributed by atoms with Crippen molar-refractivity contribution in [2.45, 2.75) is 79.1 Å². The van der Waals surface area contributed by atoms with E-state index in [1.165, 1.54) is 75.6 Å². The SMILES string of the molecule is CCCCC(CC)COc1ccc(OCC(CC)CCCC)cc1.Oc1ccc(O)cc1. The highest BCUT2D eigenvalue weighted by atomic mass is 16.5. The van der Waals surface area contributed by atoms with Crippen LogP contribution in [-0.4, -0.2) is 23.4 Å². The highest BCUT2D eigenvalue weighted by molar-refractivity contribution is 5.31. The molecule has 4 nitrogen and oxygen atoms in total. The minimum absolute atomic E-state index is 0.169. The molecule has 0 amide bonds. The zero-order chi connectivity index (χ0) is 23.6. The largest absolute Gasteiger partial charge is 0.508 e. The number of phenols is 2. The summed E-state index contributed by atoms with van der Waals surface area (Å²) >= 11 is 0. The molecule has 0 saturated heterocycles. The van der Waals surface area contributed by atoms with Crippen molar-refractivity contribution in [2.75, 3.05) is 13.2 Å². The van der Waals surface area contributed by atoms with Crippen LogP contribution in [-0.2, 0) is 0 Å². The van der Waals surface area contributed by atoms with E-state index in [1.807, 2.05) is 24.3 Å². The van der Waals surface area contributed by atoms with Crippen LogP contribution in [0.15, 0.2) is 48.5 Å². The van der Waals surface area contributed by atoms with Crippen LogP contribution in [0.1, 0.15) is 79.1 Å². The maximum atomic E-state index is 8.65. The lowest BCUT2D eigenvalue weighted by Gasteiger charge is -2.17. The molecule has 0 aliphatic rings. The molecule has 2 aromatic rings. The zero-order valence-electron chi connectivity index (χ0n) is 20.6. The average molecular weight is 445 g/mol. The van der Waals surface area contributed by atoms with Crippen molar-refractivity contribution in [1.82, 2.24) is 0 Å². The molecule has 0 aromatic heterocycles. The quantitative estimate of drug-likeness (QED) is 0.290. The van der Waals surface area contributed by atoms with E-state index in [0.717, 1.165) is 24.7 Å². The molecule has 4 heteroatoms. The molecule has 0 radical (unpaired) electrons. The second kappa shape index (κ2) is 17.2. The van der Waals surface area contributed by atoms with E-state index in [0.29, 0.717) is 11.8 Å². The fraction of sp³-hybridized carbons (Fsp3) is 0.571. The van der Waals surface area contributed by atoms with Gasteiger partial charge in [-0.15, -0.1) is 0 Å². The van der Waals surface area contributed by atoms with E-state index >= 15 is 0 Å². The average Bonchev–Trinajstić information content (AvgIpc) is 2.82. The molecule has 0 saturated carbocycles. The molecular weight excluding hydrogens is 400 g/mol. The fourth-order valence-corrected chi connectivity index (χ4v) is 3.31. The van der Waals surface area contributed by atoms with Gasteiger partial charge in [-0.25, -0.2) is 0 Å². The van der Waals surface area contributed by atoms with Crippen molar-refractivity contribution in [3.05, 3.63) is 48.5 Å². The first-order valence-electron chi connectivity index (χ1n) is 12.4. The van der Waals surface area contributed by atoms with Gasteiger partial charge < -0.3 is 19.7 Å². The normalized spacial score (nSPS) is 12.4. The molecule has 0 spiro atoms. The van der Waals surface area contributed by atoms with Gasteiger partial charge in [0.25, 0.3) is 0 Å². The van der Waals surface area contributed by atoms with E-state index in [1.54, 1.807) is 0 Å². The lowest BCUT2D eigenvalue weighted by Crippen LogP contribution is -2.12. The maximum Gasteiger partial charge on any atom is 0.119 e. The first-order chi connectivity index (χ1) is 15.5. The van der Waals surface area contributed by atoms with Gasteiger partial charge in [-0.2, -0.15) is 0 Å². The third kappa shape index (κ3) is 12.5. The molecule has 0 aliphatic carbocycles. The van der Waals surface area contributed by atoms with Gasteiger partial charge in [0.2, 0.25) is 0 Å². The number of hydrogen-bond acceptors (Lipinski definition) is 4. The van der Waals surface area contributed by atoms with Crippen LogP contribution in [0.5, 0.6) is 23.0 Å². The molecular formula is C28H44O4. The van der Waals surface area contributed by atoms with Crippen molar-refractivity contribution >= 4 is 0 Å². The van der Waals surface area contributed by atoms with Crippen LogP contribution in [0.25, 0.3) is 0 Å². The first kappa shape index (κ1) is 27.7. The van der Waals surface area contributed by atoms with Gasteiger partial charge in [0.1, 0.15) is 23.0 Å². The van der Waals surface area contributed by atoms with Gasteiger partial charge in [-0.05, 0) is 73.2 Å². The fourth-order valence-electron chi connectivity index (χ4n) is 3.31. The molecule has 0 bridgehead atoms. The molecule has 2 rings (SSSR count). The second-order valence-electron chi connectivity index (χ2n) is 8.44. The van der Waals surface area contributed by atoms with Crippen LogP contribution in [0.3, 0.4) is 0 Å². The molecule has 2 unspecified atom stereocenters. The molecule has 180 valence electrons. The molecule has 2 aromatic carbocycles. The van der Waals surface area contributed by atoms with Gasteiger partial charge in [-0.1, -0.05) is 66.2 Å². The second-order valence-corrected chi connectivity index (χ2v) is 8.44. The summed E-state index contributed by atoms with van der Waals surface area (Å²) in [4.78, 5) is 0. The van der Waals surface area contributed by atoms with Crippen molar-refractivity contribution in [3.63, 3.8) is 0 Å². The summed E-state index contributed by atoms with van der Waals surface area (Å²) < 4.78 is 11.9. The molecule has 2 N–H and O–H groups in total. The molecule has 32 heavy (non-hydrogen) atoms. The van der Waals surface area contributed by atoms with Gasteiger partial charge in [0.15, 0.2) is 0 Å². The topological polar surface area (TPSA) is 58.9 Å². The number of aromatic hydroxyl groups is 2. The summed E-state index contributed by atoms with van der Waals surface area (Å²) in [6.07, 6.45) is 10.0. The summed E-state index contributed by atoms with van der Waals surface area (Å²) in [5.74, 6) is 3.59. The Morgan fingerprint density at radius 3 is 1.22 bits per heavy atom. The third-order valence-electron chi connectivity index (χ3n) is 5.73. The Bertz CT molecular complexity index is 622. The number of rotatable bonds is 14.